The highest BCUT2D eigenvalue weighted by atomic mass is 16.2. The minimum absolute atomic E-state index is 0.308. The Bertz CT molecular complexity index is 730. The van der Waals surface area contributed by atoms with Gasteiger partial charge < -0.3 is 4.57 Å². The summed E-state index contributed by atoms with van der Waals surface area (Å²) in [5, 5.41) is 0. The van der Waals surface area contributed by atoms with Gasteiger partial charge in [0.15, 0.2) is 11.2 Å². The lowest BCUT2D eigenvalue weighted by Crippen LogP contribution is -2.23. The molecule has 0 bridgehead atoms. The standard InChI is InChI=1S/C12H14N4O2/c1-3-4-5-8(2)6-16-7-13-10-9(16)11(17)15-12(18)14-10/h3-5,7H,6H2,1-2H3,(H2,14,15,17,18)/b4-3-,8-5+. The molecule has 0 saturated heterocycles. The van der Waals surface area contributed by atoms with Crippen molar-refractivity contribution in [2.75, 3.05) is 0 Å². The van der Waals surface area contributed by atoms with Gasteiger partial charge in [0, 0.05) is 6.54 Å². The van der Waals surface area contributed by atoms with E-state index < -0.39 is 11.2 Å². The molecule has 0 radical (unpaired) electrons. The van der Waals surface area contributed by atoms with Crippen LogP contribution >= 0.6 is 0 Å². The third kappa shape index (κ3) is 2.32. The predicted octanol–water partition coefficient (Wildman–Crippen LogP) is 0.935. The second-order valence-electron chi connectivity index (χ2n) is 4.02. The number of H-pyrrole nitrogens is 2. The number of imidazole rings is 1. The maximum Gasteiger partial charge on any atom is 0.327 e. The van der Waals surface area contributed by atoms with E-state index in [1.54, 1.807) is 10.9 Å². The Morgan fingerprint density at radius 2 is 2.22 bits per heavy atom. The van der Waals surface area contributed by atoms with E-state index in [0.29, 0.717) is 17.7 Å². The second kappa shape index (κ2) is 4.87. The van der Waals surface area contributed by atoms with Crippen LogP contribution in [0.4, 0.5) is 0 Å². The van der Waals surface area contributed by atoms with Crippen LogP contribution < -0.4 is 11.2 Å². The van der Waals surface area contributed by atoms with E-state index in [1.165, 1.54) is 0 Å². The van der Waals surface area contributed by atoms with Crippen molar-refractivity contribution in [1.29, 1.82) is 0 Å². The van der Waals surface area contributed by atoms with Crippen molar-refractivity contribution < 1.29 is 0 Å². The molecule has 0 aliphatic carbocycles. The first-order valence-electron chi connectivity index (χ1n) is 5.57. The first-order chi connectivity index (χ1) is 8.61. The van der Waals surface area contributed by atoms with Crippen molar-refractivity contribution in [2.24, 2.45) is 0 Å². The van der Waals surface area contributed by atoms with Crippen molar-refractivity contribution in [3.63, 3.8) is 0 Å². The summed E-state index contributed by atoms with van der Waals surface area (Å²) < 4.78 is 1.71. The molecule has 0 amide bonds. The van der Waals surface area contributed by atoms with Crippen molar-refractivity contribution in [3.8, 4) is 0 Å². The SMILES string of the molecule is C/C=C\C=C(/C)Cn1cnc2[nH]c(=O)[nH]c(=O)c21. The van der Waals surface area contributed by atoms with Gasteiger partial charge in [-0.3, -0.25) is 14.8 Å². The average molecular weight is 246 g/mol. The van der Waals surface area contributed by atoms with Gasteiger partial charge in [-0.1, -0.05) is 23.8 Å². The third-order valence-electron chi connectivity index (χ3n) is 2.50. The molecule has 0 unspecified atom stereocenters. The third-order valence-corrected chi connectivity index (χ3v) is 2.50. The number of rotatable bonds is 3. The van der Waals surface area contributed by atoms with Crippen molar-refractivity contribution in [3.05, 3.63) is 51.0 Å². The van der Waals surface area contributed by atoms with E-state index in [-0.39, 0.29) is 0 Å². The number of aromatic amines is 2. The van der Waals surface area contributed by atoms with Crippen LogP contribution in [0, 0.1) is 0 Å². The second-order valence-corrected chi connectivity index (χ2v) is 4.02. The van der Waals surface area contributed by atoms with Gasteiger partial charge in [0.05, 0.1) is 6.33 Å². The van der Waals surface area contributed by atoms with Crippen LogP contribution in [0.1, 0.15) is 13.8 Å². The molecule has 0 spiro atoms. The van der Waals surface area contributed by atoms with E-state index in [9.17, 15) is 9.59 Å². The molecule has 0 aliphatic heterocycles. The lowest BCUT2D eigenvalue weighted by Gasteiger charge is -2.02. The zero-order valence-electron chi connectivity index (χ0n) is 10.2. The van der Waals surface area contributed by atoms with Gasteiger partial charge in [0.25, 0.3) is 5.56 Å². The summed E-state index contributed by atoms with van der Waals surface area (Å²) >= 11 is 0. The minimum Gasteiger partial charge on any atom is -0.321 e. The van der Waals surface area contributed by atoms with Gasteiger partial charge in [-0.25, -0.2) is 9.78 Å². The van der Waals surface area contributed by atoms with E-state index in [1.807, 2.05) is 32.1 Å². The monoisotopic (exact) mass is 246 g/mol. The summed E-state index contributed by atoms with van der Waals surface area (Å²) in [7, 11) is 0. The molecule has 0 fully saturated rings. The molecule has 0 aliphatic rings. The number of nitrogens with one attached hydrogen (secondary N) is 2. The fraction of sp³-hybridized carbons (Fsp3) is 0.250. The zero-order valence-corrected chi connectivity index (χ0v) is 10.2. The molecule has 6 heteroatoms. The molecule has 94 valence electrons. The van der Waals surface area contributed by atoms with Crippen LogP contribution in [0.2, 0.25) is 0 Å². The number of hydrogen-bond acceptors (Lipinski definition) is 3. The first-order valence-corrected chi connectivity index (χ1v) is 5.57. The van der Waals surface area contributed by atoms with Gasteiger partial charge in [0.1, 0.15) is 0 Å². The van der Waals surface area contributed by atoms with Crippen LogP contribution in [0.5, 0.6) is 0 Å². The smallest absolute Gasteiger partial charge is 0.321 e. The quantitative estimate of drug-likeness (QED) is 0.790. The molecule has 2 aromatic rings. The summed E-state index contributed by atoms with van der Waals surface area (Å²) in [6, 6.07) is 0. The maximum absolute atomic E-state index is 11.7. The minimum atomic E-state index is -0.543. The Morgan fingerprint density at radius 3 is 2.94 bits per heavy atom. The summed E-state index contributed by atoms with van der Waals surface area (Å²) in [6.07, 6.45) is 7.37. The Kier molecular flexibility index (Phi) is 3.27. The highest BCUT2D eigenvalue weighted by Crippen LogP contribution is 2.06. The highest BCUT2D eigenvalue weighted by molar-refractivity contribution is 5.68. The predicted molar refractivity (Wildman–Crippen MR) is 69.5 cm³/mol. The fourth-order valence-corrected chi connectivity index (χ4v) is 1.71. The van der Waals surface area contributed by atoms with Crippen LogP contribution in [-0.4, -0.2) is 19.5 Å². The van der Waals surface area contributed by atoms with E-state index in [4.69, 9.17) is 0 Å². The molecule has 2 aromatic heterocycles. The molecule has 0 saturated carbocycles. The fourth-order valence-electron chi connectivity index (χ4n) is 1.71. The normalized spacial score (nSPS) is 12.7. The number of aromatic nitrogens is 4. The van der Waals surface area contributed by atoms with Crippen LogP contribution in [-0.2, 0) is 6.54 Å². The summed E-state index contributed by atoms with van der Waals surface area (Å²) in [6.45, 7) is 4.45. The molecule has 0 atom stereocenters. The van der Waals surface area contributed by atoms with Gasteiger partial charge in [-0.05, 0) is 13.8 Å². The van der Waals surface area contributed by atoms with E-state index in [2.05, 4.69) is 15.0 Å². The Hall–Kier alpha value is -2.37. The highest BCUT2D eigenvalue weighted by Gasteiger charge is 2.08. The molecule has 2 heterocycles. The Balaban J connectivity index is 2.47. The average Bonchev–Trinajstić information content (AvgIpc) is 2.69. The number of allylic oxidation sites excluding steroid dienone is 4. The summed E-state index contributed by atoms with van der Waals surface area (Å²) in [4.78, 5) is 31.5. The number of fused-ring (bicyclic) bond motifs is 1. The maximum atomic E-state index is 11.7. The molecular formula is C12H14N4O2. The Labute approximate surface area is 103 Å². The van der Waals surface area contributed by atoms with E-state index >= 15 is 0 Å². The van der Waals surface area contributed by atoms with Crippen LogP contribution in [0.3, 0.4) is 0 Å². The molecule has 2 rings (SSSR count). The number of hydrogen-bond donors (Lipinski definition) is 2. The van der Waals surface area contributed by atoms with Gasteiger partial charge in [-0.15, -0.1) is 0 Å². The lowest BCUT2D eigenvalue weighted by molar-refractivity contribution is 0.803. The largest absolute Gasteiger partial charge is 0.327 e. The van der Waals surface area contributed by atoms with E-state index in [0.717, 1.165) is 5.57 Å². The summed E-state index contributed by atoms with van der Waals surface area (Å²) in [5.41, 5.74) is 0.799. The van der Waals surface area contributed by atoms with Gasteiger partial charge in [0.2, 0.25) is 0 Å². The van der Waals surface area contributed by atoms with Gasteiger partial charge >= 0.3 is 5.69 Å². The van der Waals surface area contributed by atoms with Crippen molar-refractivity contribution >= 4 is 11.2 Å². The molecule has 0 aromatic carbocycles. The number of nitrogens with zero attached hydrogens (tertiary/aromatic N) is 2. The molecular weight excluding hydrogens is 232 g/mol. The Morgan fingerprint density at radius 1 is 1.44 bits per heavy atom. The molecule has 18 heavy (non-hydrogen) atoms. The lowest BCUT2D eigenvalue weighted by atomic mass is 10.2. The van der Waals surface area contributed by atoms with Crippen molar-refractivity contribution in [1.82, 2.24) is 19.5 Å². The topological polar surface area (TPSA) is 83.5 Å². The van der Waals surface area contributed by atoms with Crippen molar-refractivity contribution in [2.45, 2.75) is 20.4 Å². The van der Waals surface area contributed by atoms with Crippen LogP contribution in [0.25, 0.3) is 11.2 Å². The zero-order chi connectivity index (χ0) is 13.1. The van der Waals surface area contributed by atoms with Crippen LogP contribution in [0.15, 0.2) is 39.7 Å². The summed E-state index contributed by atoms with van der Waals surface area (Å²) in [5.74, 6) is 0. The molecule has 2 N–H and O–H groups in total. The molecule has 6 nitrogen and oxygen atoms in total. The van der Waals surface area contributed by atoms with Gasteiger partial charge in [-0.2, -0.15) is 0 Å². The first kappa shape index (κ1) is 12.1.